The average Bonchev–Trinajstić information content (AvgIpc) is 3.45. The molecule has 0 radical (unpaired) electrons. The lowest BCUT2D eigenvalue weighted by Crippen LogP contribution is -2.33. The third-order valence-electron chi connectivity index (χ3n) is 4.80. The highest BCUT2D eigenvalue weighted by molar-refractivity contribution is 7.13. The largest absolute Gasteiger partial charge is 0.497 e. The lowest BCUT2D eigenvalue weighted by Gasteiger charge is -2.22. The van der Waals surface area contributed by atoms with Crippen LogP contribution in [0.5, 0.6) is 5.75 Å². The molecule has 0 bridgehead atoms. The zero-order valence-electron chi connectivity index (χ0n) is 15.6. The normalized spacial score (nSPS) is 13.4. The molecule has 1 aliphatic carbocycles. The number of benzene rings is 2. The highest BCUT2D eigenvalue weighted by atomic mass is 35.5. The van der Waals surface area contributed by atoms with Crippen molar-refractivity contribution in [3.63, 3.8) is 0 Å². The maximum Gasteiger partial charge on any atom is 0.229 e. The van der Waals surface area contributed by atoms with Gasteiger partial charge in [-0.15, -0.1) is 11.3 Å². The van der Waals surface area contributed by atoms with Crippen molar-refractivity contribution in [3.8, 4) is 16.3 Å². The number of ether oxygens (including phenoxy) is 1. The van der Waals surface area contributed by atoms with Crippen molar-refractivity contribution < 1.29 is 9.53 Å². The van der Waals surface area contributed by atoms with E-state index >= 15 is 0 Å². The zero-order valence-corrected chi connectivity index (χ0v) is 17.2. The van der Waals surface area contributed by atoms with Crippen molar-refractivity contribution in [1.29, 1.82) is 0 Å². The number of carbonyl (C=O) groups excluding carboxylic acids is 1. The summed E-state index contributed by atoms with van der Waals surface area (Å²) >= 11 is 7.51. The van der Waals surface area contributed by atoms with Crippen molar-refractivity contribution >= 4 is 28.8 Å². The van der Waals surface area contributed by atoms with Crippen LogP contribution in [0.3, 0.4) is 0 Å². The maximum atomic E-state index is 13.0. The average molecular weight is 413 g/mol. The van der Waals surface area contributed by atoms with Gasteiger partial charge in [0.25, 0.3) is 0 Å². The van der Waals surface area contributed by atoms with Crippen molar-refractivity contribution in [3.05, 3.63) is 70.2 Å². The summed E-state index contributed by atoms with van der Waals surface area (Å²) in [6.45, 7) is 0.627. The first-order valence-electron chi connectivity index (χ1n) is 9.25. The fourth-order valence-corrected chi connectivity index (χ4v) is 4.06. The van der Waals surface area contributed by atoms with Crippen LogP contribution in [0.4, 0.5) is 0 Å². The van der Waals surface area contributed by atoms with Gasteiger partial charge in [-0.05, 0) is 42.7 Å². The van der Waals surface area contributed by atoms with Crippen molar-refractivity contribution in [2.75, 3.05) is 7.11 Å². The molecule has 1 amide bonds. The third-order valence-corrected chi connectivity index (χ3v) is 5.99. The highest BCUT2D eigenvalue weighted by Crippen LogP contribution is 2.30. The first-order chi connectivity index (χ1) is 13.6. The minimum Gasteiger partial charge on any atom is -0.497 e. The summed E-state index contributed by atoms with van der Waals surface area (Å²) in [5, 5.41) is 3.59. The van der Waals surface area contributed by atoms with Gasteiger partial charge < -0.3 is 9.64 Å². The molecule has 2 aromatic carbocycles. The zero-order chi connectivity index (χ0) is 19.5. The first-order valence-corrected chi connectivity index (χ1v) is 10.5. The Hall–Kier alpha value is -2.37. The lowest BCUT2D eigenvalue weighted by atomic mass is 10.2. The second-order valence-corrected chi connectivity index (χ2v) is 8.22. The lowest BCUT2D eigenvalue weighted by molar-refractivity contribution is -0.131. The number of nitrogens with zero attached hydrogens (tertiary/aromatic N) is 2. The Labute approximate surface area is 173 Å². The third kappa shape index (κ3) is 4.54. The topological polar surface area (TPSA) is 42.4 Å². The number of hydrogen-bond donors (Lipinski definition) is 0. The van der Waals surface area contributed by atoms with Crippen LogP contribution in [-0.2, 0) is 17.8 Å². The van der Waals surface area contributed by atoms with Gasteiger partial charge in [-0.1, -0.05) is 35.9 Å². The second-order valence-electron chi connectivity index (χ2n) is 6.93. The van der Waals surface area contributed by atoms with E-state index in [-0.39, 0.29) is 5.91 Å². The Morgan fingerprint density at radius 3 is 2.54 bits per heavy atom. The summed E-state index contributed by atoms with van der Waals surface area (Å²) in [7, 11) is 1.65. The van der Waals surface area contributed by atoms with Gasteiger partial charge in [0, 0.05) is 28.6 Å². The van der Waals surface area contributed by atoms with Gasteiger partial charge in [0.05, 0.1) is 19.2 Å². The van der Waals surface area contributed by atoms with Crippen LogP contribution in [0.1, 0.15) is 24.1 Å². The molecule has 4 nitrogen and oxygen atoms in total. The van der Waals surface area contributed by atoms with E-state index in [1.54, 1.807) is 18.4 Å². The van der Waals surface area contributed by atoms with E-state index in [9.17, 15) is 4.79 Å². The molecule has 0 N–H and O–H groups in total. The minimum atomic E-state index is 0.131. The number of aromatic nitrogens is 1. The van der Waals surface area contributed by atoms with Crippen LogP contribution >= 0.6 is 22.9 Å². The molecule has 6 heteroatoms. The summed E-state index contributed by atoms with van der Waals surface area (Å²) < 4.78 is 5.21. The molecule has 1 heterocycles. The number of methoxy groups -OCH3 is 1. The Kier molecular flexibility index (Phi) is 5.64. The van der Waals surface area contributed by atoms with Gasteiger partial charge >= 0.3 is 0 Å². The molecule has 144 valence electrons. The van der Waals surface area contributed by atoms with Gasteiger partial charge in [-0.25, -0.2) is 4.98 Å². The van der Waals surface area contributed by atoms with Crippen LogP contribution in [0.25, 0.3) is 10.6 Å². The predicted molar refractivity (Wildman–Crippen MR) is 113 cm³/mol. The fourth-order valence-electron chi connectivity index (χ4n) is 3.10. The molecular formula is C22H21ClN2O2S. The number of carbonyl (C=O) groups is 1. The van der Waals surface area contributed by atoms with Gasteiger partial charge in [0.1, 0.15) is 10.8 Å². The molecule has 0 saturated heterocycles. The highest BCUT2D eigenvalue weighted by Gasteiger charge is 2.32. The molecule has 1 fully saturated rings. The summed E-state index contributed by atoms with van der Waals surface area (Å²) in [5.74, 6) is 0.955. The van der Waals surface area contributed by atoms with Crippen LogP contribution in [0.15, 0.2) is 53.9 Å². The van der Waals surface area contributed by atoms with Crippen molar-refractivity contribution in [1.82, 2.24) is 9.88 Å². The van der Waals surface area contributed by atoms with E-state index in [2.05, 4.69) is 4.98 Å². The number of hydrogen-bond acceptors (Lipinski definition) is 4. The second kappa shape index (κ2) is 8.33. The molecular weight excluding hydrogens is 392 g/mol. The van der Waals surface area contributed by atoms with Gasteiger partial charge in [0.2, 0.25) is 5.91 Å². The van der Waals surface area contributed by atoms with E-state index in [1.165, 1.54) is 0 Å². The summed E-state index contributed by atoms with van der Waals surface area (Å²) in [6, 6.07) is 15.9. The summed E-state index contributed by atoms with van der Waals surface area (Å²) in [5.41, 5.74) is 2.95. The Morgan fingerprint density at radius 1 is 1.18 bits per heavy atom. The smallest absolute Gasteiger partial charge is 0.229 e. The molecule has 3 aromatic rings. The molecule has 1 saturated carbocycles. The number of thiazole rings is 1. The Balaban J connectivity index is 1.44. The quantitative estimate of drug-likeness (QED) is 0.535. The molecule has 0 atom stereocenters. The van der Waals surface area contributed by atoms with Gasteiger partial charge in [-0.3, -0.25) is 4.79 Å². The Morgan fingerprint density at radius 2 is 1.89 bits per heavy atom. The summed E-state index contributed by atoms with van der Waals surface area (Å²) in [4.78, 5) is 19.6. The van der Waals surface area contributed by atoms with Crippen LogP contribution in [0, 0.1) is 0 Å². The van der Waals surface area contributed by atoms with Gasteiger partial charge in [0.15, 0.2) is 0 Å². The van der Waals surface area contributed by atoms with E-state index in [4.69, 9.17) is 16.3 Å². The first kappa shape index (κ1) is 19.0. The number of rotatable bonds is 7. The molecule has 0 unspecified atom stereocenters. The molecule has 0 aliphatic heterocycles. The standard InChI is InChI=1S/C22H21ClN2O2S/c1-27-20-10-2-15(3-11-20)13-25(19-8-9-19)21(26)12-18-14-28-22(24-18)16-4-6-17(23)7-5-16/h2-7,10-11,14,19H,8-9,12-13H2,1H3. The van der Waals surface area contributed by atoms with E-state index in [1.807, 2.05) is 58.8 Å². The molecule has 1 aromatic heterocycles. The van der Waals surface area contributed by atoms with Crippen molar-refractivity contribution in [2.45, 2.75) is 31.8 Å². The molecule has 28 heavy (non-hydrogen) atoms. The molecule has 4 rings (SSSR count). The van der Waals surface area contributed by atoms with Crippen LogP contribution in [0.2, 0.25) is 5.02 Å². The number of amides is 1. The van der Waals surface area contributed by atoms with Crippen molar-refractivity contribution in [2.24, 2.45) is 0 Å². The maximum absolute atomic E-state index is 13.0. The monoisotopic (exact) mass is 412 g/mol. The van der Waals surface area contributed by atoms with Crippen LogP contribution in [-0.4, -0.2) is 28.9 Å². The van der Waals surface area contributed by atoms with E-state index in [0.717, 1.165) is 40.4 Å². The summed E-state index contributed by atoms with van der Waals surface area (Å²) in [6.07, 6.45) is 2.49. The Bertz CT molecular complexity index is 949. The van der Waals surface area contributed by atoms with E-state index in [0.29, 0.717) is 24.0 Å². The molecule has 1 aliphatic rings. The SMILES string of the molecule is COc1ccc(CN(C(=O)Cc2csc(-c3ccc(Cl)cc3)n2)C2CC2)cc1. The number of halogens is 1. The fraction of sp³-hybridized carbons (Fsp3) is 0.273. The molecule has 0 spiro atoms. The predicted octanol–water partition coefficient (Wildman–Crippen LogP) is 5.21. The van der Waals surface area contributed by atoms with Gasteiger partial charge in [-0.2, -0.15) is 0 Å². The van der Waals surface area contributed by atoms with E-state index < -0.39 is 0 Å². The van der Waals surface area contributed by atoms with Crippen LogP contribution < -0.4 is 4.74 Å². The minimum absolute atomic E-state index is 0.131.